The molecule has 0 N–H and O–H groups in total. The van der Waals surface area contributed by atoms with Crippen molar-refractivity contribution in [2.24, 2.45) is 5.92 Å². The minimum Gasteiger partial charge on any atom is -0.496 e. The van der Waals surface area contributed by atoms with Crippen molar-refractivity contribution >= 4 is 29.1 Å². The molecule has 0 atom stereocenters. The smallest absolute Gasteiger partial charge is 0.226 e. The molecule has 1 aromatic rings. The summed E-state index contributed by atoms with van der Waals surface area (Å²) in [6, 6.07) is 3.30. The number of carbonyl (C=O) groups excluding carboxylic acids is 3. The van der Waals surface area contributed by atoms with Crippen LogP contribution in [0.25, 0.3) is 0 Å². The number of halogens is 1. The Hall–Kier alpha value is -2.32. The van der Waals surface area contributed by atoms with Crippen molar-refractivity contribution in [2.75, 3.05) is 20.2 Å². The molecule has 1 fully saturated rings. The van der Waals surface area contributed by atoms with Gasteiger partial charge in [-0.05, 0) is 32.9 Å². The van der Waals surface area contributed by atoms with Crippen LogP contribution in [0, 0.1) is 17.8 Å². The molecule has 1 aliphatic carbocycles. The van der Waals surface area contributed by atoms with E-state index in [2.05, 4.69) is 11.8 Å². The monoisotopic (exact) mass is 389 g/mol. The first-order valence-corrected chi connectivity index (χ1v) is 9.39. The fourth-order valence-electron chi connectivity index (χ4n) is 3.52. The Morgan fingerprint density at radius 1 is 1.22 bits per heavy atom. The van der Waals surface area contributed by atoms with Gasteiger partial charge in [-0.3, -0.25) is 14.4 Å². The van der Waals surface area contributed by atoms with Crippen molar-refractivity contribution in [3.63, 3.8) is 0 Å². The third-order valence-corrected chi connectivity index (χ3v) is 5.15. The van der Waals surface area contributed by atoms with Crippen LogP contribution in [-0.4, -0.2) is 42.6 Å². The first-order chi connectivity index (χ1) is 12.9. The molecule has 0 saturated heterocycles. The molecule has 0 unspecified atom stereocenters. The first kappa shape index (κ1) is 21.0. The molecule has 0 heterocycles. The van der Waals surface area contributed by atoms with E-state index in [9.17, 15) is 14.4 Å². The Labute approximate surface area is 165 Å². The van der Waals surface area contributed by atoms with Crippen molar-refractivity contribution < 1.29 is 19.1 Å². The van der Waals surface area contributed by atoms with Gasteiger partial charge in [0.2, 0.25) is 5.91 Å². The van der Waals surface area contributed by atoms with E-state index < -0.39 is 11.8 Å². The molecular formula is C21H24ClNO4. The van der Waals surface area contributed by atoms with Gasteiger partial charge in [0.15, 0.2) is 0 Å². The predicted molar refractivity (Wildman–Crippen MR) is 104 cm³/mol. The maximum absolute atomic E-state index is 12.8. The highest BCUT2D eigenvalue weighted by atomic mass is 35.5. The normalized spacial score (nSPS) is 19.3. The Morgan fingerprint density at radius 2 is 1.81 bits per heavy atom. The molecule has 0 bridgehead atoms. The van der Waals surface area contributed by atoms with Crippen molar-refractivity contribution in [3.8, 4) is 17.6 Å². The summed E-state index contributed by atoms with van der Waals surface area (Å²) >= 11 is 6.38. The molecule has 27 heavy (non-hydrogen) atoms. The molecular weight excluding hydrogens is 366 g/mol. The molecule has 0 radical (unpaired) electrons. The summed E-state index contributed by atoms with van der Waals surface area (Å²) in [5.41, 5.74) is 1.01. The summed E-state index contributed by atoms with van der Waals surface area (Å²) in [6.45, 7) is 6.56. The van der Waals surface area contributed by atoms with Crippen molar-refractivity contribution in [1.82, 2.24) is 4.90 Å². The zero-order chi connectivity index (χ0) is 20.1. The van der Waals surface area contributed by atoms with Crippen LogP contribution in [0.15, 0.2) is 12.1 Å². The Balaban J connectivity index is 2.36. The predicted octanol–water partition coefficient (Wildman–Crippen LogP) is 3.22. The molecule has 1 amide bonds. The summed E-state index contributed by atoms with van der Waals surface area (Å²) in [5.74, 6) is 3.68. The van der Waals surface area contributed by atoms with E-state index in [1.165, 1.54) is 7.11 Å². The molecule has 0 spiro atoms. The van der Waals surface area contributed by atoms with E-state index in [0.717, 1.165) is 0 Å². The summed E-state index contributed by atoms with van der Waals surface area (Å²) < 4.78 is 5.38. The molecule has 0 aliphatic heterocycles. The second-order valence-corrected chi connectivity index (χ2v) is 6.84. The van der Waals surface area contributed by atoms with E-state index in [0.29, 0.717) is 30.0 Å². The van der Waals surface area contributed by atoms with Gasteiger partial charge in [-0.15, -0.1) is 5.92 Å². The fraction of sp³-hybridized carbons (Fsp3) is 0.476. The summed E-state index contributed by atoms with van der Waals surface area (Å²) in [4.78, 5) is 39.8. The number of amides is 1. The zero-order valence-corrected chi connectivity index (χ0v) is 16.9. The summed E-state index contributed by atoms with van der Waals surface area (Å²) in [7, 11) is 1.46. The minimum absolute atomic E-state index is 0.0295. The van der Waals surface area contributed by atoms with Crippen LogP contribution in [0.3, 0.4) is 0 Å². The molecule has 0 aromatic heterocycles. The quantitative estimate of drug-likeness (QED) is 0.573. The SMILES string of the molecule is CC#Cc1cc(Cl)c(C2C(=O)CC(C(=O)N(CC)CC)CC2=O)c(OC)c1. The maximum Gasteiger partial charge on any atom is 0.226 e. The van der Waals surface area contributed by atoms with Crippen molar-refractivity contribution in [2.45, 2.75) is 39.5 Å². The van der Waals surface area contributed by atoms with Crippen LogP contribution >= 0.6 is 11.6 Å². The minimum atomic E-state index is -1.00. The highest BCUT2D eigenvalue weighted by Crippen LogP contribution is 2.40. The van der Waals surface area contributed by atoms with Gasteiger partial charge in [0, 0.05) is 42.1 Å². The lowest BCUT2D eigenvalue weighted by molar-refractivity contribution is -0.144. The third-order valence-electron chi connectivity index (χ3n) is 4.83. The summed E-state index contributed by atoms with van der Waals surface area (Å²) in [5, 5.41) is 0.271. The van der Waals surface area contributed by atoms with Crippen LogP contribution in [0.2, 0.25) is 5.02 Å². The largest absolute Gasteiger partial charge is 0.496 e. The average Bonchev–Trinajstić information content (AvgIpc) is 2.63. The standard InChI is InChI=1S/C21H24ClNO4/c1-5-8-13-9-15(22)19(18(10-13)27-4)20-16(24)11-14(12-17(20)25)21(26)23(6-2)7-3/h9-10,14,20H,6-7,11-12H2,1-4H3. The van der Waals surface area contributed by atoms with Gasteiger partial charge in [0.05, 0.1) is 13.0 Å². The van der Waals surface area contributed by atoms with Crippen LogP contribution in [0.1, 0.15) is 50.7 Å². The van der Waals surface area contributed by atoms with E-state index in [-0.39, 0.29) is 35.3 Å². The van der Waals surface area contributed by atoms with Gasteiger partial charge in [0.25, 0.3) is 0 Å². The van der Waals surface area contributed by atoms with Crippen molar-refractivity contribution in [3.05, 3.63) is 28.3 Å². The Morgan fingerprint density at radius 3 is 2.30 bits per heavy atom. The van der Waals surface area contributed by atoms with Crippen molar-refractivity contribution in [1.29, 1.82) is 0 Å². The number of ether oxygens (including phenoxy) is 1. The average molecular weight is 390 g/mol. The van der Waals surface area contributed by atoms with E-state index in [4.69, 9.17) is 16.3 Å². The number of hydrogen-bond donors (Lipinski definition) is 0. The molecule has 1 aliphatic rings. The van der Waals surface area contributed by atoms with Gasteiger partial charge >= 0.3 is 0 Å². The molecule has 144 valence electrons. The number of benzene rings is 1. The molecule has 1 aromatic carbocycles. The maximum atomic E-state index is 12.8. The second kappa shape index (κ2) is 9.05. The van der Waals surface area contributed by atoms with Crippen LogP contribution in [0.5, 0.6) is 5.75 Å². The van der Waals surface area contributed by atoms with Gasteiger partial charge in [-0.25, -0.2) is 0 Å². The van der Waals surface area contributed by atoms with Gasteiger partial charge in [0.1, 0.15) is 23.2 Å². The van der Waals surface area contributed by atoms with E-state index >= 15 is 0 Å². The highest BCUT2D eigenvalue weighted by Gasteiger charge is 2.42. The Bertz CT molecular complexity index is 799. The first-order valence-electron chi connectivity index (χ1n) is 9.02. The molecule has 5 nitrogen and oxygen atoms in total. The second-order valence-electron chi connectivity index (χ2n) is 6.43. The van der Waals surface area contributed by atoms with E-state index in [1.54, 1.807) is 24.0 Å². The molecule has 1 saturated carbocycles. The van der Waals surface area contributed by atoms with Crippen LogP contribution in [-0.2, 0) is 14.4 Å². The Kier molecular flexibility index (Phi) is 7.04. The molecule has 6 heteroatoms. The number of rotatable bonds is 5. The molecule has 2 rings (SSSR count). The highest BCUT2D eigenvalue weighted by molar-refractivity contribution is 6.33. The van der Waals surface area contributed by atoms with Crippen LogP contribution < -0.4 is 4.74 Å². The van der Waals surface area contributed by atoms with Gasteiger partial charge in [-0.1, -0.05) is 17.5 Å². The van der Waals surface area contributed by atoms with Gasteiger partial charge in [-0.2, -0.15) is 0 Å². The van der Waals surface area contributed by atoms with Crippen LogP contribution in [0.4, 0.5) is 0 Å². The number of ketones is 2. The van der Waals surface area contributed by atoms with Gasteiger partial charge < -0.3 is 9.64 Å². The number of Topliss-reactive ketones (excluding diaryl/α,β-unsaturated/α-hetero) is 2. The number of carbonyl (C=O) groups is 3. The lowest BCUT2D eigenvalue weighted by Crippen LogP contribution is -2.42. The zero-order valence-electron chi connectivity index (χ0n) is 16.1. The summed E-state index contributed by atoms with van der Waals surface area (Å²) in [6.07, 6.45) is 0.0590. The topological polar surface area (TPSA) is 63.7 Å². The lowest BCUT2D eigenvalue weighted by Gasteiger charge is -2.30. The number of nitrogens with zero attached hydrogens (tertiary/aromatic N) is 1. The number of hydrogen-bond acceptors (Lipinski definition) is 4. The fourth-order valence-corrected chi connectivity index (χ4v) is 3.84. The lowest BCUT2D eigenvalue weighted by atomic mass is 9.75. The third kappa shape index (κ3) is 4.33. The number of methoxy groups -OCH3 is 1. The van der Waals surface area contributed by atoms with E-state index in [1.807, 2.05) is 13.8 Å².